The van der Waals surface area contributed by atoms with Crippen LogP contribution in [0.3, 0.4) is 0 Å². The number of pyridine rings is 1. The quantitative estimate of drug-likeness (QED) is 0.922. The molecule has 1 aromatic heterocycles. The molecule has 0 spiro atoms. The first kappa shape index (κ1) is 13.5. The van der Waals surface area contributed by atoms with Crippen LogP contribution in [0.2, 0.25) is 5.02 Å². The fourth-order valence-corrected chi connectivity index (χ4v) is 2.07. The second-order valence-corrected chi connectivity index (χ2v) is 5.52. The van der Waals surface area contributed by atoms with E-state index in [2.05, 4.69) is 20.9 Å². The number of hydrogen-bond donors (Lipinski definition) is 1. The van der Waals surface area contributed by atoms with Gasteiger partial charge in [0.1, 0.15) is 0 Å². The number of rotatable bonds is 3. The molecular weight excluding hydrogens is 314 g/mol. The standard InChI is InChI=1S/C14H13BrClNO/c1-9-6-10(2-5-13(9)16)14(18)7-12-4-3-11(15)8-17-12/h2-6,8,14,18H,7H2,1H3. The zero-order valence-electron chi connectivity index (χ0n) is 9.90. The van der Waals surface area contributed by atoms with Gasteiger partial charge < -0.3 is 5.11 Å². The molecule has 2 aromatic rings. The molecule has 1 unspecified atom stereocenters. The Balaban J connectivity index is 2.13. The van der Waals surface area contributed by atoms with E-state index in [4.69, 9.17) is 11.6 Å². The normalized spacial score (nSPS) is 12.4. The first-order valence-electron chi connectivity index (χ1n) is 5.61. The Bertz CT molecular complexity index is 542. The monoisotopic (exact) mass is 325 g/mol. The van der Waals surface area contributed by atoms with Crippen molar-refractivity contribution in [1.82, 2.24) is 4.98 Å². The van der Waals surface area contributed by atoms with E-state index >= 15 is 0 Å². The predicted molar refractivity (Wildman–Crippen MR) is 76.8 cm³/mol. The molecule has 1 aromatic carbocycles. The van der Waals surface area contributed by atoms with Crippen molar-refractivity contribution >= 4 is 27.5 Å². The van der Waals surface area contributed by atoms with E-state index in [1.165, 1.54) is 0 Å². The lowest BCUT2D eigenvalue weighted by Crippen LogP contribution is -2.03. The van der Waals surface area contributed by atoms with Gasteiger partial charge in [0.25, 0.3) is 0 Å². The molecule has 0 saturated carbocycles. The van der Waals surface area contributed by atoms with Crippen LogP contribution in [0.25, 0.3) is 0 Å². The van der Waals surface area contributed by atoms with Gasteiger partial charge in [-0.2, -0.15) is 0 Å². The van der Waals surface area contributed by atoms with Crippen molar-refractivity contribution in [3.05, 3.63) is 62.8 Å². The highest BCUT2D eigenvalue weighted by molar-refractivity contribution is 9.10. The summed E-state index contributed by atoms with van der Waals surface area (Å²) in [6.07, 6.45) is 1.67. The van der Waals surface area contributed by atoms with Crippen LogP contribution in [-0.2, 0) is 6.42 Å². The SMILES string of the molecule is Cc1cc(C(O)Cc2ccc(Br)cn2)ccc1Cl. The number of benzene rings is 1. The van der Waals surface area contributed by atoms with E-state index in [1.807, 2.05) is 37.3 Å². The van der Waals surface area contributed by atoms with Gasteiger partial charge >= 0.3 is 0 Å². The van der Waals surface area contributed by atoms with Gasteiger partial charge in [-0.05, 0) is 52.2 Å². The van der Waals surface area contributed by atoms with Gasteiger partial charge in [-0.15, -0.1) is 0 Å². The Kier molecular flexibility index (Phi) is 4.38. The van der Waals surface area contributed by atoms with Crippen LogP contribution >= 0.6 is 27.5 Å². The molecule has 0 fully saturated rings. The van der Waals surface area contributed by atoms with E-state index in [0.717, 1.165) is 21.3 Å². The number of nitrogens with zero attached hydrogens (tertiary/aromatic N) is 1. The lowest BCUT2D eigenvalue weighted by atomic mass is 10.0. The summed E-state index contributed by atoms with van der Waals surface area (Å²) in [6.45, 7) is 1.93. The van der Waals surface area contributed by atoms with Gasteiger partial charge in [0.2, 0.25) is 0 Å². The summed E-state index contributed by atoms with van der Waals surface area (Å²) in [6, 6.07) is 9.38. The van der Waals surface area contributed by atoms with Gasteiger partial charge in [0, 0.05) is 27.8 Å². The third-order valence-electron chi connectivity index (χ3n) is 2.76. The van der Waals surface area contributed by atoms with Gasteiger partial charge in [0.05, 0.1) is 6.10 Å². The average Bonchev–Trinajstić information content (AvgIpc) is 2.35. The molecule has 2 nitrogen and oxygen atoms in total. The fourth-order valence-electron chi connectivity index (χ4n) is 1.72. The predicted octanol–water partition coefficient (Wildman–Crippen LogP) is 4.08. The first-order chi connectivity index (χ1) is 8.56. The minimum absolute atomic E-state index is 0.494. The van der Waals surface area contributed by atoms with Crippen molar-refractivity contribution in [2.24, 2.45) is 0 Å². The van der Waals surface area contributed by atoms with Gasteiger partial charge in [0.15, 0.2) is 0 Å². The molecule has 1 atom stereocenters. The molecule has 94 valence electrons. The summed E-state index contributed by atoms with van der Waals surface area (Å²) in [5.74, 6) is 0. The minimum atomic E-state index is -0.561. The first-order valence-corrected chi connectivity index (χ1v) is 6.78. The van der Waals surface area contributed by atoms with Crippen LogP contribution in [-0.4, -0.2) is 10.1 Å². The summed E-state index contributed by atoms with van der Waals surface area (Å²) in [7, 11) is 0. The van der Waals surface area contributed by atoms with E-state index in [9.17, 15) is 5.11 Å². The molecule has 4 heteroatoms. The smallest absolute Gasteiger partial charge is 0.0845 e. The molecule has 2 rings (SSSR count). The van der Waals surface area contributed by atoms with Crippen molar-refractivity contribution in [3.63, 3.8) is 0 Å². The Hall–Kier alpha value is -0.900. The topological polar surface area (TPSA) is 33.1 Å². The number of hydrogen-bond acceptors (Lipinski definition) is 2. The number of halogens is 2. The third kappa shape index (κ3) is 3.31. The number of aliphatic hydroxyl groups excluding tert-OH is 1. The minimum Gasteiger partial charge on any atom is -0.388 e. The second kappa shape index (κ2) is 5.83. The molecule has 1 N–H and O–H groups in total. The Labute approximate surface area is 120 Å². The zero-order valence-corrected chi connectivity index (χ0v) is 12.2. The van der Waals surface area contributed by atoms with Gasteiger partial charge in [-0.25, -0.2) is 0 Å². The summed E-state index contributed by atoms with van der Waals surface area (Å²) >= 11 is 9.30. The third-order valence-corrected chi connectivity index (χ3v) is 3.65. The highest BCUT2D eigenvalue weighted by Crippen LogP contribution is 2.23. The summed E-state index contributed by atoms with van der Waals surface area (Å²) in [5.41, 5.74) is 2.69. The van der Waals surface area contributed by atoms with E-state index < -0.39 is 6.10 Å². The lowest BCUT2D eigenvalue weighted by molar-refractivity contribution is 0.177. The molecule has 0 amide bonds. The van der Waals surface area contributed by atoms with Crippen molar-refractivity contribution < 1.29 is 5.11 Å². The molecule has 0 aliphatic rings. The molecule has 0 saturated heterocycles. The maximum Gasteiger partial charge on any atom is 0.0845 e. The molecule has 0 bridgehead atoms. The molecular formula is C14H13BrClNO. The van der Waals surface area contributed by atoms with Crippen LogP contribution in [0.1, 0.15) is 22.9 Å². The van der Waals surface area contributed by atoms with Crippen LogP contribution < -0.4 is 0 Å². The maximum absolute atomic E-state index is 10.2. The molecule has 0 aliphatic carbocycles. The second-order valence-electron chi connectivity index (χ2n) is 4.20. The highest BCUT2D eigenvalue weighted by Gasteiger charge is 2.10. The number of aromatic nitrogens is 1. The maximum atomic E-state index is 10.2. The lowest BCUT2D eigenvalue weighted by Gasteiger charge is -2.12. The Morgan fingerprint density at radius 2 is 2.11 bits per heavy atom. The molecule has 1 heterocycles. The molecule has 0 radical (unpaired) electrons. The molecule has 18 heavy (non-hydrogen) atoms. The van der Waals surface area contributed by atoms with Gasteiger partial charge in [-0.3, -0.25) is 4.98 Å². The summed E-state index contributed by atoms with van der Waals surface area (Å²) in [5, 5.41) is 10.9. The highest BCUT2D eigenvalue weighted by atomic mass is 79.9. The number of aryl methyl sites for hydroxylation is 1. The zero-order chi connectivity index (χ0) is 13.1. The fraction of sp³-hybridized carbons (Fsp3) is 0.214. The van der Waals surface area contributed by atoms with Crippen molar-refractivity contribution in [2.45, 2.75) is 19.4 Å². The van der Waals surface area contributed by atoms with Crippen LogP contribution in [0, 0.1) is 6.92 Å². The van der Waals surface area contributed by atoms with Crippen molar-refractivity contribution in [1.29, 1.82) is 0 Å². The van der Waals surface area contributed by atoms with E-state index in [1.54, 1.807) is 6.20 Å². The van der Waals surface area contributed by atoms with Crippen molar-refractivity contribution in [3.8, 4) is 0 Å². The largest absolute Gasteiger partial charge is 0.388 e. The summed E-state index contributed by atoms with van der Waals surface area (Å²) < 4.78 is 0.933. The molecule has 0 aliphatic heterocycles. The Morgan fingerprint density at radius 1 is 1.33 bits per heavy atom. The van der Waals surface area contributed by atoms with Crippen molar-refractivity contribution in [2.75, 3.05) is 0 Å². The van der Waals surface area contributed by atoms with Crippen LogP contribution in [0.15, 0.2) is 41.0 Å². The average molecular weight is 327 g/mol. The van der Waals surface area contributed by atoms with E-state index in [-0.39, 0.29) is 0 Å². The van der Waals surface area contributed by atoms with Crippen LogP contribution in [0.4, 0.5) is 0 Å². The summed E-state index contributed by atoms with van der Waals surface area (Å²) in [4.78, 5) is 4.25. The van der Waals surface area contributed by atoms with E-state index in [0.29, 0.717) is 11.4 Å². The van der Waals surface area contributed by atoms with Gasteiger partial charge in [-0.1, -0.05) is 23.7 Å². The van der Waals surface area contributed by atoms with Crippen LogP contribution in [0.5, 0.6) is 0 Å². The Morgan fingerprint density at radius 3 is 2.72 bits per heavy atom. The number of aliphatic hydroxyl groups is 1.